The second-order valence-corrected chi connectivity index (χ2v) is 6.33. The predicted octanol–water partition coefficient (Wildman–Crippen LogP) is 4.34. The smallest absolute Gasteiger partial charge is 0.273 e. The number of rotatable bonds is 4. The van der Waals surface area contributed by atoms with Crippen LogP contribution in [0.5, 0.6) is 5.75 Å². The Hall–Kier alpha value is -3.48. The molecule has 5 nitrogen and oxygen atoms in total. The van der Waals surface area contributed by atoms with Crippen molar-refractivity contribution in [1.29, 1.82) is 0 Å². The average molecular weight is 381 g/mol. The normalized spacial score (nSPS) is 11.1. The van der Waals surface area contributed by atoms with Crippen LogP contribution >= 0.6 is 0 Å². The molecule has 0 saturated carbocycles. The van der Waals surface area contributed by atoms with E-state index in [1.807, 2.05) is 6.92 Å². The van der Waals surface area contributed by atoms with Gasteiger partial charge in [0.1, 0.15) is 17.4 Å². The van der Waals surface area contributed by atoms with Crippen LogP contribution in [0.15, 0.2) is 53.3 Å². The van der Waals surface area contributed by atoms with E-state index in [1.54, 1.807) is 31.2 Å². The number of hydrogen-bond donors (Lipinski definition) is 1. The van der Waals surface area contributed by atoms with Crippen LogP contribution in [0.3, 0.4) is 0 Å². The number of fused-ring (bicyclic) bond motifs is 1. The zero-order valence-corrected chi connectivity index (χ0v) is 15.3. The van der Waals surface area contributed by atoms with Crippen molar-refractivity contribution in [3.8, 4) is 28.1 Å². The van der Waals surface area contributed by atoms with Crippen LogP contribution in [-0.4, -0.2) is 21.2 Å². The fourth-order valence-electron chi connectivity index (χ4n) is 3.20. The fourth-order valence-corrected chi connectivity index (χ4v) is 3.20. The maximum atomic E-state index is 14.4. The molecule has 0 saturated heterocycles. The molecule has 2 aromatic carbocycles. The molecule has 4 aromatic rings. The summed E-state index contributed by atoms with van der Waals surface area (Å²) in [6.07, 6.45) is 0. The largest absolute Gasteiger partial charge is 0.494 e. The van der Waals surface area contributed by atoms with Gasteiger partial charge in [0.2, 0.25) is 0 Å². The third-order valence-electron chi connectivity index (χ3n) is 4.46. The lowest BCUT2D eigenvalue weighted by Crippen LogP contribution is -2.14. The lowest BCUT2D eigenvalue weighted by atomic mass is 10.1. The van der Waals surface area contributed by atoms with Gasteiger partial charge in [0.05, 0.1) is 12.3 Å². The highest BCUT2D eigenvalue weighted by Crippen LogP contribution is 2.30. The summed E-state index contributed by atoms with van der Waals surface area (Å²) in [6, 6.07) is 11.9. The van der Waals surface area contributed by atoms with Crippen molar-refractivity contribution in [3.63, 3.8) is 0 Å². The van der Waals surface area contributed by atoms with Crippen molar-refractivity contribution in [2.75, 3.05) is 6.61 Å². The van der Waals surface area contributed by atoms with Crippen LogP contribution in [0.25, 0.3) is 28.0 Å². The second kappa shape index (κ2) is 6.92. The van der Waals surface area contributed by atoms with Crippen molar-refractivity contribution in [1.82, 2.24) is 14.6 Å². The third kappa shape index (κ3) is 3.05. The summed E-state index contributed by atoms with van der Waals surface area (Å²) in [7, 11) is 0. The van der Waals surface area contributed by atoms with Gasteiger partial charge >= 0.3 is 0 Å². The summed E-state index contributed by atoms with van der Waals surface area (Å²) in [5.74, 6) is -0.667. The number of aryl methyl sites for hydroxylation is 1. The van der Waals surface area contributed by atoms with Crippen molar-refractivity contribution in [2.45, 2.75) is 13.8 Å². The van der Waals surface area contributed by atoms with E-state index in [2.05, 4.69) is 10.1 Å². The standard InChI is InChI=1S/C21H17F2N3O2/c1-3-28-15-7-4-13(5-8-15)18-11-19(27)26-21(24-18)20(12(2)25-26)16-9-6-14(22)10-17(16)23/h4-11,25H,3H2,1-2H3. The molecule has 0 radical (unpaired) electrons. The lowest BCUT2D eigenvalue weighted by Gasteiger charge is -2.06. The van der Waals surface area contributed by atoms with Crippen LogP contribution in [0.4, 0.5) is 8.78 Å². The van der Waals surface area contributed by atoms with Crippen molar-refractivity contribution < 1.29 is 13.5 Å². The summed E-state index contributed by atoms with van der Waals surface area (Å²) < 4.78 is 34.4. The number of H-pyrrole nitrogens is 1. The Balaban J connectivity index is 1.91. The highest BCUT2D eigenvalue weighted by atomic mass is 19.1. The van der Waals surface area contributed by atoms with Gasteiger partial charge in [-0.25, -0.2) is 18.3 Å². The van der Waals surface area contributed by atoms with Crippen molar-refractivity contribution >= 4 is 5.65 Å². The Kier molecular flexibility index (Phi) is 4.43. The van der Waals surface area contributed by atoms with Gasteiger partial charge in [-0.3, -0.25) is 9.89 Å². The molecule has 0 aliphatic heterocycles. The Bertz CT molecular complexity index is 1230. The number of hydrogen-bond acceptors (Lipinski definition) is 3. The Labute approximate surface area is 159 Å². The average Bonchev–Trinajstić information content (AvgIpc) is 2.99. The van der Waals surface area contributed by atoms with Crippen LogP contribution in [0, 0.1) is 18.6 Å². The number of nitrogens with zero attached hydrogens (tertiary/aromatic N) is 2. The number of aromatic amines is 1. The van der Waals surface area contributed by atoms with Gasteiger partial charge in [-0.05, 0) is 50.2 Å². The van der Waals surface area contributed by atoms with Gasteiger partial charge in [-0.2, -0.15) is 0 Å². The molecule has 0 aliphatic carbocycles. The molecule has 2 heterocycles. The van der Waals surface area contributed by atoms with E-state index >= 15 is 0 Å². The van der Waals surface area contributed by atoms with E-state index in [1.165, 1.54) is 22.7 Å². The molecule has 0 spiro atoms. The number of nitrogens with one attached hydrogen (secondary N) is 1. The number of benzene rings is 2. The minimum absolute atomic E-state index is 0.174. The molecule has 0 atom stereocenters. The summed E-state index contributed by atoms with van der Waals surface area (Å²) in [5.41, 5.74) is 2.28. The van der Waals surface area contributed by atoms with E-state index in [0.717, 1.165) is 17.4 Å². The molecule has 4 rings (SSSR count). The Morgan fingerprint density at radius 3 is 2.54 bits per heavy atom. The second-order valence-electron chi connectivity index (χ2n) is 6.33. The van der Waals surface area contributed by atoms with Gasteiger partial charge in [-0.15, -0.1) is 0 Å². The van der Waals surface area contributed by atoms with Crippen LogP contribution in [0.2, 0.25) is 0 Å². The third-order valence-corrected chi connectivity index (χ3v) is 4.46. The molecule has 142 valence electrons. The minimum atomic E-state index is -0.717. The minimum Gasteiger partial charge on any atom is -0.494 e. The highest BCUT2D eigenvalue weighted by Gasteiger charge is 2.18. The van der Waals surface area contributed by atoms with Crippen molar-refractivity contribution in [2.24, 2.45) is 0 Å². The molecule has 0 amide bonds. The summed E-state index contributed by atoms with van der Waals surface area (Å²) in [5, 5.41) is 2.90. The Morgan fingerprint density at radius 1 is 1.11 bits per heavy atom. The van der Waals surface area contributed by atoms with E-state index in [0.29, 0.717) is 23.6 Å². The van der Waals surface area contributed by atoms with Crippen LogP contribution < -0.4 is 10.3 Å². The molecule has 0 unspecified atom stereocenters. The van der Waals surface area contributed by atoms with E-state index in [9.17, 15) is 13.6 Å². The first-order valence-corrected chi connectivity index (χ1v) is 8.79. The van der Waals surface area contributed by atoms with E-state index in [-0.39, 0.29) is 16.8 Å². The summed E-state index contributed by atoms with van der Waals surface area (Å²) in [4.78, 5) is 17.2. The summed E-state index contributed by atoms with van der Waals surface area (Å²) in [6.45, 7) is 4.16. The summed E-state index contributed by atoms with van der Waals surface area (Å²) >= 11 is 0. The van der Waals surface area contributed by atoms with Gasteiger partial charge in [-0.1, -0.05) is 0 Å². The molecular weight excluding hydrogens is 364 g/mol. The number of halogens is 2. The molecule has 0 bridgehead atoms. The SMILES string of the molecule is CCOc1ccc(-c2cc(=O)n3[nH]c(C)c(-c4ccc(F)cc4F)c3n2)cc1. The molecule has 7 heteroatoms. The fraction of sp³-hybridized carbons (Fsp3) is 0.143. The quantitative estimate of drug-likeness (QED) is 0.572. The zero-order chi connectivity index (χ0) is 19.8. The van der Waals surface area contributed by atoms with Gasteiger partial charge in [0, 0.05) is 34.5 Å². The maximum Gasteiger partial charge on any atom is 0.273 e. The first-order valence-electron chi connectivity index (χ1n) is 8.79. The molecule has 2 aromatic heterocycles. The Morgan fingerprint density at radius 2 is 1.86 bits per heavy atom. The lowest BCUT2D eigenvalue weighted by molar-refractivity contribution is 0.340. The number of aromatic nitrogens is 3. The first-order chi connectivity index (χ1) is 13.5. The van der Waals surface area contributed by atoms with Gasteiger partial charge in [0.25, 0.3) is 5.56 Å². The zero-order valence-electron chi connectivity index (χ0n) is 15.3. The molecule has 28 heavy (non-hydrogen) atoms. The monoisotopic (exact) mass is 381 g/mol. The maximum absolute atomic E-state index is 14.4. The highest BCUT2D eigenvalue weighted by molar-refractivity contribution is 5.81. The predicted molar refractivity (Wildman–Crippen MR) is 103 cm³/mol. The van der Waals surface area contributed by atoms with E-state index < -0.39 is 11.6 Å². The first kappa shape index (κ1) is 17.9. The topological polar surface area (TPSA) is 59.4 Å². The van der Waals surface area contributed by atoms with Crippen molar-refractivity contribution in [3.05, 3.63) is 76.2 Å². The number of ether oxygens (including phenoxy) is 1. The van der Waals surface area contributed by atoms with Crippen LogP contribution in [-0.2, 0) is 0 Å². The molecular formula is C21H17F2N3O2. The molecule has 1 N–H and O–H groups in total. The molecule has 0 fully saturated rings. The molecule has 0 aliphatic rings. The van der Waals surface area contributed by atoms with Gasteiger partial charge < -0.3 is 4.74 Å². The van der Waals surface area contributed by atoms with Crippen LogP contribution in [0.1, 0.15) is 12.6 Å². The van der Waals surface area contributed by atoms with Gasteiger partial charge in [0.15, 0.2) is 5.65 Å². The van der Waals surface area contributed by atoms with E-state index in [4.69, 9.17) is 4.74 Å².